The highest BCUT2D eigenvalue weighted by Gasteiger charge is 2.30. The molecule has 1 aliphatic heterocycles. The van der Waals surface area contributed by atoms with E-state index in [1.54, 1.807) is 23.0 Å². The predicted octanol–water partition coefficient (Wildman–Crippen LogP) is 1.61. The van der Waals surface area contributed by atoms with Gasteiger partial charge in [0.25, 0.3) is 5.56 Å². The van der Waals surface area contributed by atoms with Gasteiger partial charge in [0.1, 0.15) is 5.75 Å². The quantitative estimate of drug-likeness (QED) is 0.915. The molecule has 1 aliphatic rings. The van der Waals surface area contributed by atoms with Gasteiger partial charge in [-0.1, -0.05) is 0 Å². The Labute approximate surface area is 148 Å². The van der Waals surface area contributed by atoms with E-state index in [2.05, 4.69) is 21.8 Å². The van der Waals surface area contributed by atoms with Crippen LogP contribution in [0.1, 0.15) is 29.8 Å². The Balaban J connectivity index is 2.14. The molecule has 1 N–H and O–H groups in total. The van der Waals surface area contributed by atoms with E-state index >= 15 is 0 Å². The minimum absolute atomic E-state index is 0.0768. The summed E-state index contributed by atoms with van der Waals surface area (Å²) in [5, 5.41) is 10.6. The first-order valence-corrected chi connectivity index (χ1v) is 8.78. The Morgan fingerprint density at radius 2 is 1.84 bits per heavy atom. The van der Waals surface area contributed by atoms with Gasteiger partial charge >= 0.3 is 0 Å². The number of aromatic nitrogens is 2. The van der Waals surface area contributed by atoms with Crippen LogP contribution in [-0.4, -0.2) is 57.7 Å². The monoisotopic (exact) mass is 342 g/mol. The van der Waals surface area contributed by atoms with Gasteiger partial charge in [-0.2, -0.15) is 0 Å². The van der Waals surface area contributed by atoms with Crippen molar-refractivity contribution in [2.24, 2.45) is 0 Å². The van der Waals surface area contributed by atoms with Gasteiger partial charge in [0.05, 0.1) is 11.6 Å². The molecule has 3 rings (SSSR count). The predicted molar refractivity (Wildman–Crippen MR) is 97.9 cm³/mol. The van der Waals surface area contributed by atoms with Crippen molar-refractivity contribution in [1.82, 2.24) is 19.4 Å². The highest BCUT2D eigenvalue weighted by Crippen LogP contribution is 2.32. The first-order chi connectivity index (χ1) is 12.0. The highest BCUT2D eigenvalue weighted by molar-refractivity contribution is 5.40. The van der Waals surface area contributed by atoms with Gasteiger partial charge in [0, 0.05) is 50.8 Å². The zero-order valence-electron chi connectivity index (χ0n) is 15.1. The molecule has 0 aromatic carbocycles. The summed E-state index contributed by atoms with van der Waals surface area (Å²) in [6, 6.07) is 5.29. The lowest BCUT2D eigenvalue weighted by Gasteiger charge is -2.38. The molecule has 0 radical (unpaired) electrons. The second-order valence-corrected chi connectivity index (χ2v) is 6.66. The van der Waals surface area contributed by atoms with Gasteiger partial charge in [0.2, 0.25) is 0 Å². The molecule has 1 atom stereocenters. The molecule has 25 heavy (non-hydrogen) atoms. The Bertz CT molecular complexity index is 780. The highest BCUT2D eigenvalue weighted by atomic mass is 16.3. The SMILES string of the molecule is CCn1c(C)cc(O)c(C(c2ccncc2)N2CCN(C)CC2)c1=O. The maximum Gasteiger partial charge on any atom is 0.259 e. The van der Waals surface area contributed by atoms with E-state index in [1.165, 1.54) is 0 Å². The number of hydrogen-bond donors (Lipinski definition) is 1. The van der Waals surface area contributed by atoms with E-state index in [4.69, 9.17) is 0 Å². The van der Waals surface area contributed by atoms with E-state index in [0.717, 1.165) is 37.4 Å². The van der Waals surface area contributed by atoms with Crippen LogP contribution in [0.15, 0.2) is 35.4 Å². The number of rotatable bonds is 4. The van der Waals surface area contributed by atoms with Crippen LogP contribution in [0.4, 0.5) is 0 Å². The number of piperazine rings is 1. The summed E-state index contributed by atoms with van der Waals surface area (Å²) in [4.78, 5) is 21.8. The van der Waals surface area contributed by atoms with Gasteiger partial charge in [-0.25, -0.2) is 0 Å². The van der Waals surface area contributed by atoms with E-state index in [1.807, 2.05) is 26.0 Å². The number of pyridine rings is 2. The zero-order valence-corrected chi connectivity index (χ0v) is 15.1. The fourth-order valence-corrected chi connectivity index (χ4v) is 3.60. The third kappa shape index (κ3) is 3.45. The summed E-state index contributed by atoms with van der Waals surface area (Å²) in [6.45, 7) is 7.97. The smallest absolute Gasteiger partial charge is 0.259 e. The fourth-order valence-electron chi connectivity index (χ4n) is 3.60. The first kappa shape index (κ1) is 17.6. The molecule has 1 saturated heterocycles. The van der Waals surface area contributed by atoms with Gasteiger partial charge < -0.3 is 14.6 Å². The number of hydrogen-bond acceptors (Lipinski definition) is 5. The number of aryl methyl sites for hydroxylation is 1. The van der Waals surface area contributed by atoms with E-state index in [0.29, 0.717) is 12.1 Å². The molecule has 0 saturated carbocycles. The second kappa shape index (κ2) is 7.37. The lowest BCUT2D eigenvalue weighted by Crippen LogP contribution is -2.47. The molecule has 134 valence electrons. The van der Waals surface area contributed by atoms with Crippen molar-refractivity contribution in [1.29, 1.82) is 0 Å². The van der Waals surface area contributed by atoms with Crippen LogP contribution in [0.5, 0.6) is 5.75 Å². The lowest BCUT2D eigenvalue weighted by molar-refractivity contribution is 0.125. The summed E-state index contributed by atoms with van der Waals surface area (Å²) in [5.41, 5.74) is 2.11. The molecule has 6 nitrogen and oxygen atoms in total. The Morgan fingerprint density at radius 1 is 1.20 bits per heavy atom. The Kier molecular flexibility index (Phi) is 5.20. The zero-order chi connectivity index (χ0) is 18.0. The maximum atomic E-state index is 13.1. The minimum Gasteiger partial charge on any atom is -0.507 e. The largest absolute Gasteiger partial charge is 0.507 e. The van der Waals surface area contributed by atoms with Crippen LogP contribution in [0.2, 0.25) is 0 Å². The van der Waals surface area contributed by atoms with Crippen molar-refractivity contribution < 1.29 is 5.11 Å². The van der Waals surface area contributed by atoms with Crippen LogP contribution < -0.4 is 5.56 Å². The lowest BCUT2D eigenvalue weighted by atomic mass is 9.97. The molecular weight excluding hydrogens is 316 g/mol. The van der Waals surface area contributed by atoms with Gasteiger partial charge in [0.15, 0.2) is 0 Å². The van der Waals surface area contributed by atoms with Crippen molar-refractivity contribution in [2.45, 2.75) is 26.4 Å². The fraction of sp³-hybridized carbons (Fsp3) is 0.474. The molecule has 2 aromatic heterocycles. The molecule has 0 amide bonds. The van der Waals surface area contributed by atoms with Crippen molar-refractivity contribution in [3.05, 3.63) is 57.8 Å². The van der Waals surface area contributed by atoms with Crippen molar-refractivity contribution >= 4 is 0 Å². The van der Waals surface area contributed by atoms with Crippen LogP contribution in [-0.2, 0) is 6.54 Å². The van der Waals surface area contributed by atoms with Crippen LogP contribution in [0.25, 0.3) is 0 Å². The topological polar surface area (TPSA) is 61.6 Å². The molecule has 0 aliphatic carbocycles. The van der Waals surface area contributed by atoms with E-state index < -0.39 is 0 Å². The molecule has 1 fully saturated rings. The Morgan fingerprint density at radius 3 is 2.44 bits per heavy atom. The number of likely N-dealkylation sites (N-methyl/N-ethyl adjacent to an activating group) is 1. The van der Waals surface area contributed by atoms with E-state index in [9.17, 15) is 9.90 Å². The van der Waals surface area contributed by atoms with Gasteiger partial charge in [-0.15, -0.1) is 0 Å². The summed E-state index contributed by atoms with van der Waals surface area (Å²) in [5.74, 6) is 0.0768. The van der Waals surface area contributed by atoms with Crippen molar-refractivity contribution in [2.75, 3.05) is 33.2 Å². The molecular formula is C19H26N4O2. The summed E-state index contributed by atoms with van der Waals surface area (Å²) >= 11 is 0. The van der Waals surface area contributed by atoms with Gasteiger partial charge in [-0.3, -0.25) is 14.7 Å². The van der Waals surface area contributed by atoms with E-state index in [-0.39, 0.29) is 17.4 Å². The molecule has 0 bridgehead atoms. The molecule has 2 aromatic rings. The average Bonchev–Trinajstić information content (AvgIpc) is 2.60. The van der Waals surface area contributed by atoms with Crippen LogP contribution in [0, 0.1) is 6.92 Å². The number of aromatic hydroxyl groups is 1. The Hall–Kier alpha value is -2.18. The van der Waals surface area contributed by atoms with Gasteiger partial charge in [-0.05, 0) is 44.7 Å². The van der Waals surface area contributed by atoms with Crippen LogP contribution >= 0.6 is 0 Å². The summed E-state index contributed by atoms with van der Waals surface area (Å²) < 4.78 is 1.72. The molecule has 1 unspecified atom stereocenters. The summed E-state index contributed by atoms with van der Waals surface area (Å²) in [6.07, 6.45) is 3.48. The standard InChI is InChI=1S/C19H26N4O2/c1-4-23-14(2)13-16(24)17(19(23)25)18(15-5-7-20-8-6-15)22-11-9-21(3)10-12-22/h5-8,13,18,24H,4,9-12H2,1-3H3. The average molecular weight is 342 g/mol. The third-order valence-electron chi connectivity index (χ3n) is 5.04. The maximum absolute atomic E-state index is 13.1. The minimum atomic E-state index is -0.261. The second-order valence-electron chi connectivity index (χ2n) is 6.66. The normalized spacial score (nSPS) is 17.6. The molecule has 3 heterocycles. The molecule has 0 spiro atoms. The third-order valence-corrected chi connectivity index (χ3v) is 5.04. The van der Waals surface area contributed by atoms with Crippen molar-refractivity contribution in [3.63, 3.8) is 0 Å². The van der Waals surface area contributed by atoms with Crippen molar-refractivity contribution in [3.8, 4) is 5.75 Å². The van der Waals surface area contributed by atoms with Crippen LogP contribution in [0.3, 0.4) is 0 Å². The summed E-state index contributed by atoms with van der Waals surface area (Å²) in [7, 11) is 2.10. The number of nitrogens with zero attached hydrogens (tertiary/aromatic N) is 4. The first-order valence-electron chi connectivity index (χ1n) is 8.78. The molecule has 6 heteroatoms.